The molecule has 0 fully saturated rings. The maximum absolute atomic E-state index is 12.3. The zero-order valence-corrected chi connectivity index (χ0v) is 12.0. The number of aromatic nitrogens is 1. The van der Waals surface area contributed by atoms with Crippen LogP contribution in [0.1, 0.15) is 5.69 Å². The van der Waals surface area contributed by atoms with E-state index in [9.17, 15) is 4.79 Å². The third kappa shape index (κ3) is 2.86. The van der Waals surface area contributed by atoms with E-state index in [1.54, 1.807) is 13.2 Å². The molecule has 5 heteroatoms. The maximum atomic E-state index is 12.3. The summed E-state index contributed by atoms with van der Waals surface area (Å²) in [6, 6.07) is 11.4. The smallest absolute Gasteiger partial charge is 0.260 e. The molecular weight excluding hydrogens is 268 g/mol. The fourth-order valence-corrected chi connectivity index (χ4v) is 2.50. The Balaban J connectivity index is 1.60. The van der Waals surface area contributed by atoms with E-state index in [0.29, 0.717) is 18.0 Å². The van der Waals surface area contributed by atoms with Crippen LogP contribution in [0.5, 0.6) is 11.5 Å². The van der Waals surface area contributed by atoms with Crippen LogP contribution in [-0.2, 0) is 17.9 Å². The number of methoxy groups -OCH3 is 1. The molecule has 2 heterocycles. The molecule has 0 unspecified atom stereocenters. The molecule has 0 saturated heterocycles. The summed E-state index contributed by atoms with van der Waals surface area (Å²) in [6.45, 7) is 2.22. The van der Waals surface area contributed by atoms with Crippen molar-refractivity contribution in [2.45, 2.75) is 13.1 Å². The van der Waals surface area contributed by atoms with Gasteiger partial charge in [-0.25, -0.2) is 0 Å². The number of nitrogens with zero attached hydrogens (tertiary/aromatic N) is 2. The number of para-hydroxylation sites is 2. The standard InChI is InChI=1S/C16H18N2O3/c1-20-14-6-2-3-7-15(14)21-12-16(19)18-10-9-17-8-4-5-13(17)11-18/h2-8H,9-12H2,1H3. The molecular formula is C16H18N2O3. The average molecular weight is 286 g/mol. The normalized spacial score (nSPS) is 13.7. The van der Waals surface area contributed by atoms with Gasteiger partial charge in [-0.15, -0.1) is 0 Å². The van der Waals surface area contributed by atoms with E-state index >= 15 is 0 Å². The predicted octanol–water partition coefficient (Wildman–Crippen LogP) is 1.92. The molecule has 3 rings (SSSR count). The van der Waals surface area contributed by atoms with Gasteiger partial charge in [0.15, 0.2) is 18.1 Å². The zero-order valence-electron chi connectivity index (χ0n) is 12.0. The first-order valence-electron chi connectivity index (χ1n) is 6.95. The summed E-state index contributed by atoms with van der Waals surface area (Å²) in [7, 11) is 1.59. The van der Waals surface area contributed by atoms with Gasteiger partial charge in [-0.05, 0) is 24.3 Å². The first kappa shape index (κ1) is 13.5. The zero-order chi connectivity index (χ0) is 14.7. The summed E-state index contributed by atoms with van der Waals surface area (Å²) in [5.41, 5.74) is 1.16. The monoisotopic (exact) mass is 286 g/mol. The molecule has 0 aliphatic carbocycles. The summed E-state index contributed by atoms with van der Waals surface area (Å²) in [5.74, 6) is 1.22. The third-order valence-electron chi connectivity index (χ3n) is 3.66. The third-order valence-corrected chi connectivity index (χ3v) is 3.66. The molecule has 0 radical (unpaired) electrons. The highest BCUT2D eigenvalue weighted by Crippen LogP contribution is 2.25. The number of carbonyl (C=O) groups excluding carboxylic acids is 1. The van der Waals surface area contributed by atoms with Crippen molar-refractivity contribution >= 4 is 5.91 Å². The lowest BCUT2D eigenvalue weighted by atomic mass is 10.3. The van der Waals surface area contributed by atoms with E-state index in [1.807, 2.05) is 41.4 Å². The van der Waals surface area contributed by atoms with Crippen LogP contribution in [0.3, 0.4) is 0 Å². The predicted molar refractivity (Wildman–Crippen MR) is 78.3 cm³/mol. The summed E-state index contributed by atoms with van der Waals surface area (Å²) < 4.78 is 13.0. The van der Waals surface area contributed by atoms with Gasteiger partial charge in [0.1, 0.15) is 0 Å². The molecule has 0 bridgehead atoms. The number of carbonyl (C=O) groups is 1. The number of hydrogen-bond acceptors (Lipinski definition) is 3. The lowest BCUT2D eigenvalue weighted by Crippen LogP contribution is -2.40. The molecule has 5 nitrogen and oxygen atoms in total. The molecule has 1 aromatic carbocycles. The second-order valence-electron chi connectivity index (χ2n) is 4.95. The molecule has 1 aliphatic rings. The second kappa shape index (κ2) is 5.91. The van der Waals surface area contributed by atoms with Crippen molar-refractivity contribution in [1.82, 2.24) is 9.47 Å². The van der Waals surface area contributed by atoms with Crippen molar-refractivity contribution in [1.29, 1.82) is 0 Å². The number of rotatable bonds is 4. The fraction of sp³-hybridized carbons (Fsp3) is 0.312. The van der Waals surface area contributed by atoms with Crippen LogP contribution < -0.4 is 9.47 Å². The van der Waals surface area contributed by atoms with Gasteiger partial charge < -0.3 is 18.9 Å². The van der Waals surface area contributed by atoms with Crippen LogP contribution in [0, 0.1) is 0 Å². The van der Waals surface area contributed by atoms with Gasteiger partial charge in [0, 0.05) is 25.0 Å². The van der Waals surface area contributed by atoms with E-state index in [1.165, 1.54) is 0 Å². The molecule has 0 atom stereocenters. The quantitative estimate of drug-likeness (QED) is 0.862. The lowest BCUT2D eigenvalue weighted by Gasteiger charge is -2.28. The molecule has 1 amide bonds. The molecule has 1 aliphatic heterocycles. The molecule has 1 aromatic heterocycles. The minimum atomic E-state index is -0.00615. The number of ether oxygens (including phenoxy) is 2. The fourth-order valence-electron chi connectivity index (χ4n) is 2.50. The molecule has 21 heavy (non-hydrogen) atoms. The summed E-state index contributed by atoms with van der Waals surface area (Å²) in [5, 5.41) is 0. The highest BCUT2D eigenvalue weighted by Gasteiger charge is 2.20. The minimum absolute atomic E-state index is 0.00615. The van der Waals surface area contributed by atoms with Crippen LogP contribution >= 0.6 is 0 Å². The number of amides is 1. The van der Waals surface area contributed by atoms with Crippen LogP contribution in [0.2, 0.25) is 0 Å². The molecule has 2 aromatic rings. The molecule has 110 valence electrons. The largest absolute Gasteiger partial charge is 0.493 e. The first-order chi connectivity index (χ1) is 10.3. The van der Waals surface area contributed by atoms with E-state index in [0.717, 1.165) is 18.8 Å². The Morgan fingerprint density at radius 3 is 2.76 bits per heavy atom. The Bertz CT molecular complexity index is 636. The van der Waals surface area contributed by atoms with Gasteiger partial charge in [-0.3, -0.25) is 4.79 Å². The Kier molecular flexibility index (Phi) is 3.81. The lowest BCUT2D eigenvalue weighted by molar-refractivity contribution is -0.134. The number of benzene rings is 1. The van der Waals surface area contributed by atoms with Crippen molar-refractivity contribution in [3.05, 3.63) is 48.3 Å². The summed E-state index contributed by atoms with van der Waals surface area (Å²) in [6.07, 6.45) is 2.04. The first-order valence-corrected chi connectivity index (χ1v) is 6.95. The highest BCUT2D eigenvalue weighted by atomic mass is 16.5. The Morgan fingerprint density at radius 2 is 1.95 bits per heavy atom. The van der Waals surface area contributed by atoms with Crippen LogP contribution in [0.25, 0.3) is 0 Å². The van der Waals surface area contributed by atoms with Crippen LogP contribution in [0.15, 0.2) is 42.6 Å². The van der Waals surface area contributed by atoms with Crippen LogP contribution in [0.4, 0.5) is 0 Å². The van der Waals surface area contributed by atoms with Crippen molar-refractivity contribution in [3.8, 4) is 11.5 Å². The van der Waals surface area contributed by atoms with E-state index < -0.39 is 0 Å². The van der Waals surface area contributed by atoms with E-state index in [2.05, 4.69) is 4.57 Å². The second-order valence-corrected chi connectivity index (χ2v) is 4.95. The van der Waals surface area contributed by atoms with Crippen molar-refractivity contribution in [2.24, 2.45) is 0 Å². The van der Waals surface area contributed by atoms with Crippen LogP contribution in [-0.4, -0.2) is 35.6 Å². The Hall–Kier alpha value is -2.43. The highest BCUT2D eigenvalue weighted by molar-refractivity contribution is 5.78. The van der Waals surface area contributed by atoms with Gasteiger partial charge >= 0.3 is 0 Å². The molecule has 0 saturated carbocycles. The molecule has 0 spiro atoms. The summed E-state index contributed by atoms with van der Waals surface area (Å²) in [4.78, 5) is 14.1. The van der Waals surface area contributed by atoms with Crippen molar-refractivity contribution in [2.75, 3.05) is 20.3 Å². The van der Waals surface area contributed by atoms with E-state index in [-0.39, 0.29) is 12.5 Å². The molecule has 0 N–H and O–H groups in total. The SMILES string of the molecule is COc1ccccc1OCC(=O)N1CCn2cccc2C1. The van der Waals surface area contributed by atoms with E-state index in [4.69, 9.17) is 9.47 Å². The minimum Gasteiger partial charge on any atom is -0.493 e. The van der Waals surface area contributed by atoms with Gasteiger partial charge in [0.05, 0.1) is 13.7 Å². The topological polar surface area (TPSA) is 43.7 Å². The van der Waals surface area contributed by atoms with Gasteiger partial charge in [-0.2, -0.15) is 0 Å². The van der Waals surface area contributed by atoms with Crippen molar-refractivity contribution < 1.29 is 14.3 Å². The Labute approximate surface area is 123 Å². The number of hydrogen-bond donors (Lipinski definition) is 0. The maximum Gasteiger partial charge on any atom is 0.260 e. The summed E-state index contributed by atoms with van der Waals surface area (Å²) >= 11 is 0. The van der Waals surface area contributed by atoms with Gasteiger partial charge in [0.25, 0.3) is 5.91 Å². The number of fused-ring (bicyclic) bond motifs is 1. The Morgan fingerprint density at radius 1 is 1.14 bits per heavy atom. The van der Waals surface area contributed by atoms with Gasteiger partial charge in [0.2, 0.25) is 0 Å². The average Bonchev–Trinajstić information content (AvgIpc) is 3.00. The van der Waals surface area contributed by atoms with Crippen molar-refractivity contribution in [3.63, 3.8) is 0 Å². The van der Waals surface area contributed by atoms with Gasteiger partial charge in [-0.1, -0.05) is 12.1 Å².